The lowest BCUT2D eigenvalue weighted by atomic mass is 9.87. The Hall–Kier alpha value is -0.810. The van der Waals surface area contributed by atoms with Gasteiger partial charge in [0, 0.05) is 45.2 Å². The largest absolute Gasteiger partial charge is 0.381 e. The predicted molar refractivity (Wildman–Crippen MR) is 76.5 cm³/mol. The molecule has 3 aliphatic rings. The zero-order valence-corrected chi connectivity index (χ0v) is 12.0. The van der Waals surface area contributed by atoms with E-state index >= 15 is 0 Å². The van der Waals surface area contributed by atoms with Crippen LogP contribution in [-0.2, 0) is 4.74 Å². The second kappa shape index (κ2) is 5.67. The molecule has 3 aliphatic heterocycles. The van der Waals surface area contributed by atoms with E-state index in [4.69, 9.17) is 4.74 Å². The van der Waals surface area contributed by atoms with Crippen molar-refractivity contribution in [1.82, 2.24) is 15.1 Å². The summed E-state index contributed by atoms with van der Waals surface area (Å²) in [7, 11) is 1.89. The molecule has 1 unspecified atom stereocenters. The van der Waals surface area contributed by atoms with Crippen LogP contribution in [0.3, 0.4) is 0 Å². The molecule has 19 heavy (non-hydrogen) atoms. The molecule has 0 aromatic rings. The smallest absolute Gasteiger partial charge is 0.193 e. The molecular weight excluding hydrogens is 240 g/mol. The highest BCUT2D eigenvalue weighted by Crippen LogP contribution is 2.38. The Balaban J connectivity index is 1.46. The van der Waals surface area contributed by atoms with Gasteiger partial charge in [0.15, 0.2) is 5.96 Å². The van der Waals surface area contributed by atoms with Crippen LogP contribution in [0.2, 0.25) is 0 Å². The monoisotopic (exact) mass is 266 g/mol. The van der Waals surface area contributed by atoms with E-state index in [1.54, 1.807) is 0 Å². The number of hydrogen-bond acceptors (Lipinski definition) is 3. The molecular formula is C14H26N4O. The average Bonchev–Trinajstić information content (AvgIpc) is 2.99. The van der Waals surface area contributed by atoms with Crippen LogP contribution in [0.15, 0.2) is 4.99 Å². The second-order valence-electron chi connectivity index (χ2n) is 6.14. The van der Waals surface area contributed by atoms with Gasteiger partial charge in [0.2, 0.25) is 0 Å². The number of likely N-dealkylation sites (tertiary alicyclic amines) is 2. The lowest BCUT2D eigenvalue weighted by Crippen LogP contribution is -2.46. The number of nitrogens with one attached hydrogen (secondary N) is 1. The molecule has 1 atom stereocenters. The highest BCUT2D eigenvalue weighted by Gasteiger charge is 2.42. The van der Waals surface area contributed by atoms with Gasteiger partial charge >= 0.3 is 0 Å². The van der Waals surface area contributed by atoms with Crippen molar-refractivity contribution < 1.29 is 4.74 Å². The summed E-state index contributed by atoms with van der Waals surface area (Å²) in [5.41, 5.74) is 0.412. The topological polar surface area (TPSA) is 40.1 Å². The van der Waals surface area contributed by atoms with Crippen LogP contribution in [0.25, 0.3) is 0 Å². The van der Waals surface area contributed by atoms with Gasteiger partial charge < -0.3 is 19.9 Å². The van der Waals surface area contributed by atoms with Gasteiger partial charge in [-0.1, -0.05) is 0 Å². The number of aliphatic imine (C=N–C) groups is 1. The molecule has 0 radical (unpaired) electrons. The highest BCUT2D eigenvalue weighted by molar-refractivity contribution is 5.80. The fraction of sp³-hybridized carbons (Fsp3) is 0.929. The lowest BCUT2D eigenvalue weighted by Gasteiger charge is -2.31. The standard InChI is InChI=1S/C14H26N4O/c1-15-13(16-5-9-17-6-2-7-17)18-8-3-14(11-18)4-10-19-12-14/h2-12H2,1H3,(H,15,16). The Morgan fingerprint density at radius 1 is 1.32 bits per heavy atom. The summed E-state index contributed by atoms with van der Waals surface area (Å²) in [5.74, 6) is 1.07. The van der Waals surface area contributed by atoms with Crippen LogP contribution in [0.5, 0.6) is 0 Å². The van der Waals surface area contributed by atoms with Gasteiger partial charge in [-0.05, 0) is 32.4 Å². The summed E-state index contributed by atoms with van der Waals surface area (Å²) >= 11 is 0. The molecule has 5 heteroatoms. The highest BCUT2D eigenvalue weighted by atomic mass is 16.5. The van der Waals surface area contributed by atoms with E-state index in [9.17, 15) is 0 Å². The molecule has 108 valence electrons. The molecule has 0 bridgehead atoms. The summed E-state index contributed by atoms with van der Waals surface area (Å²) in [6.45, 7) is 8.79. The van der Waals surface area contributed by atoms with Crippen LogP contribution in [-0.4, -0.2) is 75.3 Å². The molecule has 0 aromatic heterocycles. The van der Waals surface area contributed by atoms with E-state index in [2.05, 4.69) is 20.1 Å². The summed E-state index contributed by atoms with van der Waals surface area (Å²) in [5, 5.41) is 3.51. The zero-order valence-electron chi connectivity index (χ0n) is 12.0. The lowest BCUT2D eigenvalue weighted by molar-refractivity contribution is 0.156. The van der Waals surface area contributed by atoms with Gasteiger partial charge in [-0.15, -0.1) is 0 Å². The molecule has 1 spiro atoms. The SMILES string of the molecule is CN=C(NCCN1CCC1)N1CCC2(CCOC2)C1. The molecule has 0 aliphatic carbocycles. The number of nitrogens with zero attached hydrogens (tertiary/aromatic N) is 3. The molecule has 0 saturated carbocycles. The van der Waals surface area contributed by atoms with Crippen molar-refractivity contribution >= 4 is 5.96 Å². The first-order valence-corrected chi connectivity index (χ1v) is 7.57. The number of guanidine groups is 1. The molecule has 3 rings (SSSR count). The van der Waals surface area contributed by atoms with Gasteiger partial charge in [0.1, 0.15) is 0 Å². The Morgan fingerprint density at radius 2 is 2.21 bits per heavy atom. The molecule has 3 heterocycles. The van der Waals surface area contributed by atoms with E-state index < -0.39 is 0 Å². The predicted octanol–water partition coefficient (Wildman–Crippen LogP) is 0.380. The van der Waals surface area contributed by atoms with Crippen molar-refractivity contribution in [2.45, 2.75) is 19.3 Å². The summed E-state index contributed by atoms with van der Waals surface area (Å²) in [6, 6.07) is 0. The van der Waals surface area contributed by atoms with Crippen molar-refractivity contribution in [2.24, 2.45) is 10.4 Å². The molecule has 3 saturated heterocycles. The number of rotatable bonds is 3. The molecule has 1 N–H and O–H groups in total. The van der Waals surface area contributed by atoms with Gasteiger partial charge in [-0.3, -0.25) is 4.99 Å². The molecule has 0 amide bonds. The maximum atomic E-state index is 5.59. The first-order valence-electron chi connectivity index (χ1n) is 7.57. The zero-order chi connectivity index (χ0) is 13.1. The van der Waals surface area contributed by atoms with Gasteiger partial charge in [0.05, 0.1) is 6.61 Å². The molecule has 3 fully saturated rings. The Kier molecular flexibility index (Phi) is 3.93. The van der Waals surface area contributed by atoms with E-state index in [-0.39, 0.29) is 0 Å². The summed E-state index contributed by atoms with van der Waals surface area (Å²) in [4.78, 5) is 9.33. The number of hydrogen-bond donors (Lipinski definition) is 1. The fourth-order valence-electron chi connectivity index (χ4n) is 3.35. The normalized spacial score (nSPS) is 32.1. The first-order chi connectivity index (χ1) is 9.31. The van der Waals surface area contributed by atoms with Crippen molar-refractivity contribution in [2.75, 3.05) is 59.5 Å². The maximum Gasteiger partial charge on any atom is 0.193 e. The van der Waals surface area contributed by atoms with Crippen molar-refractivity contribution in [1.29, 1.82) is 0 Å². The number of ether oxygens (including phenoxy) is 1. The average molecular weight is 266 g/mol. The van der Waals surface area contributed by atoms with Gasteiger partial charge in [0.25, 0.3) is 0 Å². The first kappa shape index (κ1) is 13.2. The summed E-state index contributed by atoms with van der Waals surface area (Å²) < 4.78 is 5.59. The minimum atomic E-state index is 0.412. The molecule has 0 aromatic carbocycles. The third-order valence-corrected chi connectivity index (χ3v) is 4.79. The Labute approximate surface area is 116 Å². The summed E-state index contributed by atoms with van der Waals surface area (Å²) in [6.07, 6.45) is 3.83. The Bertz CT molecular complexity index is 334. The minimum absolute atomic E-state index is 0.412. The van der Waals surface area contributed by atoms with Crippen LogP contribution in [0, 0.1) is 5.41 Å². The van der Waals surface area contributed by atoms with E-state index in [0.717, 1.165) is 45.4 Å². The maximum absolute atomic E-state index is 5.59. The minimum Gasteiger partial charge on any atom is -0.381 e. The third kappa shape index (κ3) is 2.87. The Morgan fingerprint density at radius 3 is 2.84 bits per heavy atom. The van der Waals surface area contributed by atoms with Crippen LogP contribution in [0.4, 0.5) is 0 Å². The third-order valence-electron chi connectivity index (χ3n) is 4.79. The van der Waals surface area contributed by atoms with Crippen LogP contribution < -0.4 is 5.32 Å². The van der Waals surface area contributed by atoms with E-state index in [1.165, 1.54) is 32.4 Å². The van der Waals surface area contributed by atoms with Crippen molar-refractivity contribution in [3.8, 4) is 0 Å². The van der Waals surface area contributed by atoms with Gasteiger partial charge in [-0.25, -0.2) is 0 Å². The van der Waals surface area contributed by atoms with Crippen molar-refractivity contribution in [3.05, 3.63) is 0 Å². The van der Waals surface area contributed by atoms with Crippen molar-refractivity contribution in [3.63, 3.8) is 0 Å². The van der Waals surface area contributed by atoms with Crippen LogP contribution >= 0.6 is 0 Å². The van der Waals surface area contributed by atoms with E-state index in [1.807, 2.05) is 7.05 Å². The molecule has 5 nitrogen and oxygen atoms in total. The quantitative estimate of drug-likeness (QED) is 0.592. The second-order valence-corrected chi connectivity index (χ2v) is 6.14. The van der Waals surface area contributed by atoms with E-state index in [0.29, 0.717) is 5.41 Å². The fourth-order valence-corrected chi connectivity index (χ4v) is 3.35. The van der Waals surface area contributed by atoms with Crippen LogP contribution in [0.1, 0.15) is 19.3 Å². The van der Waals surface area contributed by atoms with Gasteiger partial charge in [-0.2, -0.15) is 0 Å².